The lowest BCUT2D eigenvalue weighted by Crippen LogP contribution is -2.24. The second-order valence-corrected chi connectivity index (χ2v) is 4.59. The number of carboxylic acid groups (broad SMARTS) is 1. The monoisotopic (exact) mass is 249 g/mol. The molecule has 0 aromatic heterocycles. The Balaban J connectivity index is 2.92. The van der Waals surface area contributed by atoms with E-state index >= 15 is 0 Å². The van der Waals surface area contributed by atoms with Crippen molar-refractivity contribution in [3.8, 4) is 0 Å². The summed E-state index contributed by atoms with van der Waals surface area (Å²) in [5, 5.41) is 11.6. The first-order valence-electron chi connectivity index (χ1n) is 5.99. The highest BCUT2D eigenvalue weighted by Gasteiger charge is 2.22. The van der Waals surface area contributed by atoms with E-state index in [1.165, 1.54) is 7.05 Å². The van der Waals surface area contributed by atoms with Crippen molar-refractivity contribution in [2.75, 3.05) is 7.05 Å². The number of rotatable bonds is 5. The molecular weight excluding hydrogens is 230 g/mol. The quantitative estimate of drug-likeness (QED) is 0.840. The van der Waals surface area contributed by atoms with Gasteiger partial charge in [-0.15, -0.1) is 0 Å². The average molecular weight is 249 g/mol. The van der Waals surface area contributed by atoms with Gasteiger partial charge in [0.1, 0.15) is 0 Å². The highest BCUT2D eigenvalue weighted by Crippen LogP contribution is 2.23. The molecule has 1 atom stereocenters. The average Bonchev–Trinajstić information content (AvgIpc) is 2.35. The number of carbonyl (C=O) groups excluding carboxylic acids is 1. The molecule has 0 heterocycles. The lowest BCUT2D eigenvalue weighted by atomic mass is 9.93. The van der Waals surface area contributed by atoms with Crippen LogP contribution in [0.5, 0.6) is 0 Å². The van der Waals surface area contributed by atoms with E-state index in [4.69, 9.17) is 5.11 Å². The third-order valence-electron chi connectivity index (χ3n) is 2.97. The SMILES string of the molecule is CNC(=O)CC(C(=O)O)c1ccc(C(C)C)cc1. The van der Waals surface area contributed by atoms with E-state index in [0.717, 1.165) is 5.56 Å². The van der Waals surface area contributed by atoms with E-state index in [-0.39, 0.29) is 12.3 Å². The van der Waals surface area contributed by atoms with Gasteiger partial charge in [0.15, 0.2) is 0 Å². The molecule has 0 saturated heterocycles. The molecule has 0 saturated carbocycles. The Morgan fingerprint density at radius 2 is 1.67 bits per heavy atom. The van der Waals surface area contributed by atoms with Crippen LogP contribution in [0.15, 0.2) is 24.3 Å². The summed E-state index contributed by atoms with van der Waals surface area (Å²) in [5.41, 5.74) is 1.82. The maximum absolute atomic E-state index is 11.3. The fourth-order valence-corrected chi connectivity index (χ4v) is 1.75. The highest BCUT2D eigenvalue weighted by molar-refractivity contribution is 5.85. The van der Waals surface area contributed by atoms with Gasteiger partial charge in [-0.1, -0.05) is 38.1 Å². The minimum atomic E-state index is -0.976. The van der Waals surface area contributed by atoms with Gasteiger partial charge in [0.2, 0.25) is 5.91 Å². The van der Waals surface area contributed by atoms with Crippen LogP contribution in [0, 0.1) is 0 Å². The summed E-state index contributed by atoms with van der Waals surface area (Å²) >= 11 is 0. The van der Waals surface area contributed by atoms with Crippen molar-refractivity contribution in [1.29, 1.82) is 0 Å². The summed E-state index contributed by atoms with van der Waals surface area (Å²) in [7, 11) is 1.50. The first-order chi connectivity index (χ1) is 8.45. The highest BCUT2D eigenvalue weighted by atomic mass is 16.4. The molecule has 0 aliphatic carbocycles. The molecule has 0 bridgehead atoms. The lowest BCUT2D eigenvalue weighted by molar-refractivity contribution is -0.140. The molecule has 0 aliphatic rings. The van der Waals surface area contributed by atoms with Crippen LogP contribution in [0.3, 0.4) is 0 Å². The Kier molecular flexibility index (Phi) is 4.89. The molecule has 98 valence electrons. The largest absolute Gasteiger partial charge is 0.481 e. The Hall–Kier alpha value is -1.84. The van der Waals surface area contributed by atoms with Crippen molar-refractivity contribution in [1.82, 2.24) is 5.32 Å². The fraction of sp³-hybridized carbons (Fsp3) is 0.429. The van der Waals surface area contributed by atoms with Crippen LogP contribution < -0.4 is 5.32 Å². The minimum Gasteiger partial charge on any atom is -0.481 e. The maximum atomic E-state index is 11.3. The summed E-state index contributed by atoms with van der Waals surface area (Å²) in [6.45, 7) is 4.16. The van der Waals surface area contributed by atoms with Gasteiger partial charge >= 0.3 is 5.97 Å². The van der Waals surface area contributed by atoms with Crippen molar-refractivity contribution in [3.63, 3.8) is 0 Å². The lowest BCUT2D eigenvalue weighted by Gasteiger charge is -2.13. The second-order valence-electron chi connectivity index (χ2n) is 4.59. The van der Waals surface area contributed by atoms with Gasteiger partial charge in [-0.25, -0.2) is 0 Å². The van der Waals surface area contributed by atoms with Crippen molar-refractivity contribution >= 4 is 11.9 Å². The van der Waals surface area contributed by atoms with Crippen LogP contribution in [0.25, 0.3) is 0 Å². The molecular formula is C14H19NO3. The predicted octanol–water partition coefficient (Wildman–Crippen LogP) is 2.11. The van der Waals surface area contributed by atoms with E-state index < -0.39 is 11.9 Å². The van der Waals surface area contributed by atoms with Gasteiger partial charge in [0.05, 0.1) is 5.92 Å². The summed E-state index contributed by atoms with van der Waals surface area (Å²) in [6.07, 6.45) is -0.0349. The number of hydrogen-bond donors (Lipinski definition) is 2. The van der Waals surface area contributed by atoms with Crippen molar-refractivity contribution in [2.45, 2.75) is 32.1 Å². The van der Waals surface area contributed by atoms with Gasteiger partial charge in [-0.05, 0) is 17.0 Å². The molecule has 18 heavy (non-hydrogen) atoms. The Labute approximate surface area is 107 Å². The Bertz CT molecular complexity index is 423. The molecule has 1 unspecified atom stereocenters. The first-order valence-corrected chi connectivity index (χ1v) is 5.99. The number of hydrogen-bond acceptors (Lipinski definition) is 2. The summed E-state index contributed by atoms with van der Waals surface area (Å²) in [5.74, 6) is -1.63. The summed E-state index contributed by atoms with van der Waals surface area (Å²) < 4.78 is 0. The number of benzene rings is 1. The third-order valence-corrected chi connectivity index (χ3v) is 2.97. The smallest absolute Gasteiger partial charge is 0.311 e. The Morgan fingerprint density at radius 3 is 2.06 bits per heavy atom. The van der Waals surface area contributed by atoms with Crippen LogP contribution in [-0.2, 0) is 9.59 Å². The summed E-state index contributed by atoms with van der Waals surface area (Å²) in [4.78, 5) is 22.5. The van der Waals surface area contributed by atoms with Crippen LogP contribution in [0.2, 0.25) is 0 Å². The van der Waals surface area contributed by atoms with E-state index in [1.54, 1.807) is 12.1 Å². The molecule has 0 radical (unpaired) electrons. The van der Waals surface area contributed by atoms with E-state index in [2.05, 4.69) is 19.2 Å². The first kappa shape index (κ1) is 14.2. The zero-order valence-corrected chi connectivity index (χ0v) is 10.9. The van der Waals surface area contributed by atoms with Gasteiger partial charge in [-0.3, -0.25) is 9.59 Å². The zero-order chi connectivity index (χ0) is 13.7. The van der Waals surface area contributed by atoms with E-state index in [9.17, 15) is 9.59 Å². The van der Waals surface area contributed by atoms with Crippen molar-refractivity contribution in [3.05, 3.63) is 35.4 Å². The van der Waals surface area contributed by atoms with Gasteiger partial charge < -0.3 is 10.4 Å². The fourth-order valence-electron chi connectivity index (χ4n) is 1.75. The predicted molar refractivity (Wildman–Crippen MR) is 69.6 cm³/mol. The van der Waals surface area contributed by atoms with E-state index in [0.29, 0.717) is 11.5 Å². The third kappa shape index (κ3) is 3.58. The van der Waals surface area contributed by atoms with Crippen molar-refractivity contribution < 1.29 is 14.7 Å². The molecule has 0 aliphatic heterocycles. The molecule has 4 nitrogen and oxygen atoms in total. The van der Waals surface area contributed by atoms with E-state index in [1.807, 2.05) is 12.1 Å². The topological polar surface area (TPSA) is 66.4 Å². The Morgan fingerprint density at radius 1 is 1.17 bits per heavy atom. The standard InChI is InChI=1S/C14H19NO3/c1-9(2)10-4-6-11(7-5-10)12(14(17)18)8-13(16)15-3/h4-7,9,12H,8H2,1-3H3,(H,15,16)(H,17,18). The molecule has 1 amide bonds. The van der Waals surface area contributed by atoms with Gasteiger partial charge in [0.25, 0.3) is 0 Å². The van der Waals surface area contributed by atoms with Crippen LogP contribution >= 0.6 is 0 Å². The van der Waals surface area contributed by atoms with Gasteiger partial charge in [0, 0.05) is 13.5 Å². The molecule has 2 N–H and O–H groups in total. The zero-order valence-electron chi connectivity index (χ0n) is 10.9. The second kappa shape index (κ2) is 6.19. The molecule has 1 aromatic carbocycles. The molecule has 4 heteroatoms. The molecule has 0 fully saturated rings. The number of nitrogens with one attached hydrogen (secondary N) is 1. The minimum absolute atomic E-state index is 0.0349. The van der Waals surface area contributed by atoms with Crippen LogP contribution in [0.4, 0.5) is 0 Å². The molecule has 1 rings (SSSR count). The van der Waals surface area contributed by atoms with Crippen molar-refractivity contribution in [2.24, 2.45) is 0 Å². The number of aliphatic carboxylic acids is 1. The number of carboxylic acids is 1. The molecule has 0 spiro atoms. The number of carbonyl (C=O) groups is 2. The number of amides is 1. The van der Waals surface area contributed by atoms with Crippen LogP contribution in [0.1, 0.15) is 43.2 Å². The van der Waals surface area contributed by atoms with Gasteiger partial charge in [-0.2, -0.15) is 0 Å². The normalized spacial score (nSPS) is 12.2. The van der Waals surface area contributed by atoms with Crippen LogP contribution in [-0.4, -0.2) is 24.0 Å². The molecule has 1 aromatic rings. The maximum Gasteiger partial charge on any atom is 0.311 e. The summed E-state index contributed by atoms with van der Waals surface area (Å²) in [6, 6.07) is 7.41.